The quantitative estimate of drug-likeness (QED) is 0.0602. The summed E-state index contributed by atoms with van der Waals surface area (Å²) in [7, 11) is 0. The van der Waals surface area contributed by atoms with Gasteiger partial charge in [0.1, 0.15) is 18.1 Å². The van der Waals surface area contributed by atoms with Gasteiger partial charge in [0.05, 0.1) is 12.1 Å². The summed E-state index contributed by atoms with van der Waals surface area (Å²) in [6.07, 6.45) is 1.83. The van der Waals surface area contributed by atoms with Crippen LogP contribution in [-0.2, 0) is 19.2 Å². The Morgan fingerprint density at radius 2 is 1.57 bits per heavy atom. The smallest absolute Gasteiger partial charge is 0.326 e. The predicted octanol–water partition coefficient (Wildman–Crippen LogP) is -1.91. The van der Waals surface area contributed by atoms with Crippen molar-refractivity contribution in [2.45, 2.75) is 76.7 Å². The van der Waals surface area contributed by atoms with Gasteiger partial charge in [0, 0.05) is 6.54 Å². The van der Waals surface area contributed by atoms with Crippen LogP contribution in [0.3, 0.4) is 0 Å². The van der Waals surface area contributed by atoms with Gasteiger partial charge in [-0.05, 0) is 44.1 Å². The molecule has 0 aliphatic carbocycles. The second-order valence-corrected chi connectivity index (χ2v) is 9.32. The normalized spacial score (nSPS) is 16.1. The Kier molecular flexibility index (Phi) is 15.7. The molecule has 11 N–H and O–H groups in total. The van der Waals surface area contributed by atoms with Crippen LogP contribution in [0.5, 0.6) is 0 Å². The number of thioether (sulfide) groups is 1. The van der Waals surface area contributed by atoms with E-state index in [1.54, 1.807) is 13.8 Å². The lowest BCUT2D eigenvalue weighted by molar-refractivity contribution is -0.144. The molecule has 0 aliphatic heterocycles. The molecule has 202 valence electrons. The standard InChI is InChI=1S/C21H41N7O6S/c1-5-11(2)15(20(33)34)27-18(31)14(7-6-9-25-21(23)24)26-19(32)16(12(3)29)28-17(30)13(22)8-10-35-4/h11-16,29H,5-10,22H2,1-4H3,(H,26,32)(H,27,31)(H,28,30)(H,33,34)(H4,23,24,25). The average molecular weight is 520 g/mol. The molecule has 13 nitrogen and oxygen atoms in total. The number of carboxylic acids is 1. The molecule has 3 amide bonds. The largest absolute Gasteiger partial charge is 0.480 e. The van der Waals surface area contributed by atoms with E-state index in [0.717, 1.165) is 0 Å². The van der Waals surface area contributed by atoms with Crippen LogP contribution >= 0.6 is 11.8 Å². The van der Waals surface area contributed by atoms with Crippen molar-refractivity contribution in [3.8, 4) is 0 Å². The molecule has 0 bridgehead atoms. The Bertz CT molecular complexity index is 733. The number of rotatable bonds is 17. The van der Waals surface area contributed by atoms with E-state index in [0.29, 0.717) is 25.0 Å². The van der Waals surface area contributed by atoms with Crippen LogP contribution < -0.4 is 33.2 Å². The number of hydrogen-bond donors (Lipinski definition) is 8. The molecule has 0 rings (SSSR count). The number of carbonyl (C=O) groups excluding carboxylic acids is 3. The Hall–Kier alpha value is -2.58. The van der Waals surface area contributed by atoms with E-state index in [2.05, 4.69) is 20.9 Å². The monoisotopic (exact) mass is 519 g/mol. The minimum absolute atomic E-state index is 0.0783. The maximum atomic E-state index is 12.9. The maximum absolute atomic E-state index is 12.9. The van der Waals surface area contributed by atoms with Gasteiger partial charge in [-0.15, -0.1) is 0 Å². The van der Waals surface area contributed by atoms with Crippen molar-refractivity contribution < 1.29 is 29.4 Å². The van der Waals surface area contributed by atoms with Gasteiger partial charge in [-0.25, -0.2) is 4.79 Å². The molecular weight excluding hydrogens is 478 g/mol. The van der Waals surface area contributed by atoms with Gasteiger partial charge in [0.2, 0.25) is 17.7 Å². The summed E-state index contributed by atoms with van der Waals surface area (Å²) in [4.78, 5) is 53.7. The Morgan fingerprint density at radius 1 is 0.971 bits per heavy atom. The van der Waals surface area contributed by atoms with Gasteiger partial charge in [0.15, 0.2) is 5.96 Å². The Labute approximate surface area is 210 Å². The van der Waals surface area contributed by atoms with E-state index >= 15 is 0 Å². The van der Waals surface area contributed by atoms with Crippen LogP contribution in [-0.4, -0.2) is 88.7 Å². The molecule has 0 saturated carbocycles. The van der Waals surface area contributed by atoms with Gasteiger partial charge in [-0.3, -0.25) is 19.4 Å². The molecule has 0 radical (unpaired) electrons. The molecule has 0 spiro atoms. The highest BCUT2D eigenvalue weighted by Gasteiger charge is 2.33. The number of carbonyl (C=O) groups is 4. The molecule has 6 atom stereocenters. The van der Waals surface area contributed by atoms with Crippen molar-refractivity contribution in [2.24, 2.45) is 28.1 Å². The first-order valence-corrected chi connectivity index (χ1v) is 12.9. The number of hydrogen-bond acceptors (Lipinski definition) is 8. The lowest BCUT2D eigenvalue weighted by Gasteiger charge is -2.27. The minimum Gasteiger partial charge on any atom is -0.480 e. The van der Waals surface area contributed by atoms with Gasteiger partial charge in [0.25, 0.3) is 0 Å². The highest BCUT2D eigenvalue weighted by atomic mass is 32.2. The molecule has 0 saturated heterocycles. The average Bonchev–Trinajstić information content (AvgIpc) is 2.79. The Morgan fingerprint density at radius 3 is 2.06 bits per heavy atom. The van der Waals surface area contributed by atoms with Crippen molar-refractivity contribution in [1.29, 1.82) is 0 Å². The van der Waals surface area contributed by atoms with Crippen LogP contribution in [0.1, 0.15) is 46.5 Å². The molecular formula is C21H41N7O6S. The SMILES string of the molecule is CCC(C)C(NC(=O)C(CCCN=C(N)N)NC(=O)C(NC(=O)C(N)CCSC)C(C)O)C(=O)O. The van der Waals surface area contributed by atoms with E-state index in [1.165, 1.54) is 18.7 Å². The zero-order valence-electron chi connectivity index (χ0n) is 20.8. The number of nitrogens with one attached hydrogen (secondary N) is 3. The molecule has 0 aromatic heterocycles. The minimum atomic E-state index is -1.37. The van der Waals surface area contributed by atoms with E-state index < -0.39 is 54.0 Å². The number of aliphatic imine (C=N–C) groups is 1. The number of amides is 3. The molecule has 0 heterocycles. The number of aliphatic carboxylic acids is 1. The summed E-state index contributed by atoms with van der Waals surface area (Å²) in [6, 6.07) is -4.57. The van der Waals surface area contributed by atoms with Crippen LogP contribution in [0.4, 0.5) is 0 Å². The first-order valence-electron chi connectivity index (χ1n) is 11.5. The van der Waals surface area contributed by atoms with E-state index in [1.807, 2.05) is 6.26 Å². The second kappa shape index (κ2) is 16.9. The third-order valence-electron chi connectivity index (χ3n) is 5.39. The van der Waals surface area contributed by atoms with E-state index in [-0.39, 0.29) is 24.8 Å². The van der Waals surface area contributed by atoms with Crippen LogP contribution in [0.2, 0.25) is 0 Å². The zero-order valence-corrected chi connectivity index (χ0v) is 21.6. The first kappa shape index (κ1) is 32.4. The van der Waals surface area contributed by atoms with Gasteiger partial charge in [-0.1, -0.05) is 20.3 Å². The molecule has 0 fully saturated rings. The summed E-state index contributed by atoms with van der Waals surface area (Å²) in [5, 5.41) is 27.0. The van der Waals surface area contributed by atoms with Crippen molar-refractivity contribution in [3.63, 3.8) is 0 Å². The molecule has 14 heteroatoms. The fourth-order valence-corrected chi connectivity index (χ4v) is 3.50. The van der Waals surface area contributed by atoms with E-state index in [4.69, 9.17) is 17.2 Å². The van der Waals surface area contributed by atoms with Crippen LogP contribution in [0.15, 0.2) is 4.99 Å². The molecule has 0 aromatic carbocycles. The van der Waals surface area contributed by atoms with Crippen molar-refractivity contribution in [1.82, 2.24) is 16.0 Å². The summed E-state index contributed by atoms with van der Waals surface area (Å²) < 4.78 is 0. The highest BCUT2D eigenvalue weighted by Crippen LogP contribution is 2.10. The van der Waals surface area contributed by atoms with Crippen LogP contribution in [0, 0.1) is 5.92 Å². The molecule has 35 heavy (non-hydrogen) atoms. The number of nitrogens with two attached hydrogens (primary N) is 3. The highest BCUT2D eigenvalue weighted by molar-refractivity contribution is 7.98. The van der Waals surface area contributed by atoms with Crippen molar-refractivity contribution >= 4 is 41.4 Å². The number of nitrogens with zero attached hydrogens (tertiary/aromatic N) is 1. The fraction of sp³-hybridized carbons (Fsp3) is 0.762. The number of aliphatic hydroxyl groups is 1. The van der Waals surface area contributed by atoms with E-state index in [9.17, 15) is 29.4 Å². The Balaban J connectivity index is 5.56. The zero-order chi connectivity index (χ0) is 27.1. The molecule has 6 unspecified atom stereocenters. The maximum Gasteiger partial charge on any atom is 0.326 e. The third-order valence-corrected chi connectivity index (χ3v) is 6.03. The predicted molar refractivity (Wildman–Crippen MR) is 135 cm³/mol. The number of guanidine groups is 1. The summed E-state index contributed by atoms with van der Waals surface area (Å²) >= 11 is 1.51. The van der Waals surface area contributed by atoms with Crippen LogP contribution in [0.25, 0.3) is 0 Å². The summed E-state index contributed by atoms with van der Waals surface area (Å²) in [5.41, 5.74) is 16.5. The van der Waals surface area contributed by atoms with Gasteiger partial charge in [-0.2, -0.15) is 11.8 Å². The second-order valence-electron chi connectivity index (χ2n) is 8.33. The lowest BCUT2D eigenvalue weighted by atomic mass is 9.98. The molecule has 0 aromatic rings. The lowest BCUT2D eigenvalue weighted by Crippen LogP contribution is -2.60. The molecule has 0 aliphatic rings. The van der Waals surface area contributed by atoms with Gasteiger partial charge < -0.3 is 43.4 Å². The topological polar surface area (TPSA) is 235 Å². The third kappa shape index (κ3) is 12.6. The summed E-state index contributed by atoms with van der Waals surface area (Å²) in [5.74, 6) is -3.21. The fourth-order valence-electron chi connectivity index (χ4n) is 3.01. The number of aliphatic hydroxyl groups excluding tert-OH is 1. The number of carboxylic acid groups (broad SMARTS) is 1. The van der Waals surface area contributed by atoms with Crippen molar-refractivity contribution in [2.75, 3.05) is 18.6 Å². The summed E-state index contributed by atoms with van der Waals surface area (Å²) in [6.45, 7) is 4.97. The first-order chi connectivity index (χ1) is 16.3. The van der Waals surface area contributed by atoms with Gasteiger partial charge >= 0.3 is 5.97 Å². The van der Waals surface area contributed by atoms with Crippen molar-refractivity contribution in [3.05, 3.63) is 0 Å².